The lowest BCUT2D eigenvalue weighted by molar-refractivity contribution is -0.124. The van der Waals surface area contributed by atoms with Gasteiger partial charge < -0.3 is 5.32 Å². The maximum Gasteiger partial charge on any atom is 0.234 e. The lowest BCUT2D eigenvalue weighted by Crippen LogP contribution is -2.48. The molecular weight excluding hydrogens is 291 g/mol. The Morgan fingerprint density at radius 3 is 2.78 bits per heavy atom. The highest BCUT2D eigenvalue weighted by Gasteiger charge is 2.23. The highest BCUT2D eigenvalue weighted by atomic mass is 19.1. The minimum Gasteiger partial charge on any atom is -0.350 e. The average Bonchev–Trinajstić information content (AvgIpc) is 2.45. The van der Waals surface area contributed by atoms with Crippen molar-refractivity contribution in [2.45, 2.75) is 52.0 Å². The fourth-order valence-corrected chi connectivity index (χ4v) is 3.25. The van der Waals surface area contributed by atoms with E-state index in [2.05, 4.69) is 10.2 Å². The van der Waals surface area contributed by atoms with Crippen LogP contribution in [0.25, 0.3) is 0 Å². The quantitative estimate of drug-likeness (QED) is 0.902. The third-order valence-electron chi connectivity index (χ3n) is 4.26. The van der Waals surface area contributed by atoms with Gasteiger partial charge in [0.25, 0.3) is 0 Å². The van der Waals surface area contributed by atoms with Crippen molar-refractivity contribution in [1.29, 1.82) is 0 Å². The fourth-order valence-electron chi connectivity index (χ4n) is 3.25. The first-order valence-electron chi connectivity index (χ1n) is 8.60. The van der Waals surface area contributed by atoms with Gasteiger partial charge in [0.1, 0.15) is 5.82 Å². The molecule has 0 spiro atoms. The van der Waals surface area contributed by atoms with Gasteiger partial charge in [-0.15, -0.1) is 0 Å². The smallest absolute Gasteiger partial charge is 0.234 e. The highest BCUT2D eigenvalue weighted by molar-refractivity contribution is 5.78. The first kappa shape index (κ1) is 17.9. The molecule has 1 saturated heterocycles. The molecule has 0 aliphatic carbocycles. The Morgan fingerprint density at radius 1 is 1.35 bits per heavy atom. The summed E-state index contributed by atoms with van der Waals surface area (Å²) >= 11 is 0. The zero-order valence-electron chi connectivity index (χ0n) is 14.6. The number of aryl methyl sites for hydroxylation is 1. The molecular formula is C19H29FN2O. The molecule has 1 unspecified atom stereocenters. The van der Waals surface area contributed by atoms with Crippen molar-refractivity contribution in [3.63, 3.8) is 0 Å². The zero-order valence-corrected chi connectivity index (χ0v) is 14.6. The van der Waals surface area contributed by atoms with Crippen LogP contribution < -0.4 is 5.32 Å². The van der Waals surface area contributed by atoms with Crippen molar-refractivity contribution in [2.75, 3.05) is 19.6 Å². The Hall–Kier alpha value is -1.42. The summed E-state index contributed by atoms with van der Waals surface area (Å²) in [5, 5.41) is 3.02. The molecule has 0 bridgehead atoms. The standard InChI is InChI=1S/C19H29FN2O/c1-19(2,3)21-18(23)14-22-12-6-7-15(13-22)10-11-16-8-4-5-9-17(16)20/h4-5,8-9,15H,6-7,10-14H2,1-3H3,(H,21,23). The Morgan fingerprint density at radius 2 is 2.09 bits per heavy atom. The highest BCUT2D eigenvalue weighted by Crippen LogP contribution is 2.22. The summed E-state index contributed by atoms with van der Waals surface area (Å²) in [7, 11) is 0. The van der Waals surface area contributed by atoms with Gasteiger partial charge in [0.15, 0.2) is 0 Å². The van der Waals surface area contributed by atoms with E-state index in [1.165, 1.54) is 12.5 Å². The molecule has 0 aromatic heterocycles. The number of hydrogen-bond acceptors (Lipinski definition) is 2. The number of carbonyl (C=O) groups excluding carboxylic acids is 1. The molecule has 1 aliphatic rings. The van der Waals surface area contributed by atoms with Crippen molar-refractivity contribution >= 4 is 5.91 Å². The Balaban J connectivity index is 1.79. The molecule has 1 heterocycles. The van der Waals surface area contributed by atoms with Crippen molar-refractivity contribution in [3.05, 3.63) is 35.6 Å². The van der Waals surface area contributed by atoms with Crippen LogP contribution in [0, 0.1) is 11.7 Å². The molecule has 1 aromatic carbocycles. The molecule has 128 valence electrons. The van der Waals surface area contributed by atoms with E-state index >= 15 is 0 Å². The number of rotatable bonds is 5. The minimum absolute atomic E-state index is 0.0900. The third kappa shape index (κ3) is 6.30. The monoisotopic (exact) mass is 320 g/mol. The lowest BCUT2D eigenvalue weighted by atomic mass is 9.91. The molecule has 1 fully saturated rings. The van der Waals surface area contributed by atoms with Crippen LogP contribution in [-0.2, 0) is 11.2 Å². The molecule has 3 nitrogen and oxygen atoms in total. The summed E-state index contributed by atoms with van der Waals surface area (Å²) in [5.41, 5.74) is 0.618. The van der Waals surface area contributed by atoms with Crippen molar-refractivity contribution in [1.82, 2.24) is 10.2 Å². The van der Waals surface area contributed by atoms with Crippen LogP contribution in [0.3, 0.4) is 0 Å². The minimum atomic E-state index is -0.183. The van der Waals surface area contributed by atoms with Crippen molar-refractivity contribution in [3.8, 4) is 0 Å². The van der Waals surface area contributed by atoms with Gasteiger partial charge in [0.2, 0.25) is 5.91 Å². The first-order chi connectivity index (χ1) is 10.8. The van der Waals surface area contributed by atoms with E-state index in [0.29, 0.717) is 12.5 Å². The largest absolute Gasteiger partial charge is 0.350 e. The zero-order chi connectivity index (χ0) is 16.9. The van der Waals surface area contributed by atoms with Gasteiger partial charge in [-0.1, -0.05) is 18.2 Å². The maximum absolute atomic E-state index is 13.7. The number of amides is 1. The molecule has 1 N–H and O–H groups in total. The van der Waals surface area contributed by atoms with Gasteiger partial charge in [0, 0.05) is 12.1 Å². The number of likely N-dealkylation sites (tertiary alicyclic amines) is 1. The molecule has 2 rings (SSSR count). The van der Waals surface area contributed by atoms with Crippen molar-refractivity contribution < 1.29 is 9.18 Å². The summed E-state index contributed by atoms with van der Waals surface area (Å²) < 4.78 is 13.7. The van der Waals surface area contributed by atoms with Gasteiger partial charge in [-0.25, -0.2) is 4.39 Å². The number of halogens is 1. The molecule has 1 aliphatic heterocycles. The number of carbonyl (C=O) groups is 1. The predicted octanol–water partition coefficient (Wildman–Crippen LogP) is 3.39. The number of nitrogens with one attached hydrogen (secondary N) is 1. The predicted molar refractivity (Wildman–Crippen MR) is 91.8 cm³/mol. The molecule has 4 heteroatoms. The van der Waals surface area contributed by atoms with Gasteiger partial charge in [-0.2, -0.15) is 0 Å². The normalized spacial score (nSPS) is 19.6. The number of benzene rings is 1. The number of hydrogen-bond donors (Lipinski definition) is 1. The topological polar surface area (TPSA) is 32.3 Å². The summed E-state index contributed by atoms with van der Waals surface area (Å²) in [4.78, 5) is 14.3. The third-order valence-corrected chi connectivity index (χ3v) is 4.26. The van der Waals surface area contributed by atoms with E-state index in [1.54, 1.807) is 6.07 Å². The second-order valence-corrected chi connectivity index (χ2v) is 7.67. The molecule has 0 radical (unpaired) electrons. The van der Waals surface area contributed by atoms with Gasteiger partial charge in [-0.3, -0.25) is 9.69 Å². The Labute approximate surface area is 139 Å². The van der Waals surface area contributed by atoms with E-state index in [-0.39, 0.29) is 17.3 Å². The maximum atomic E-state index is 13.7. The van der Waals surface area contributed by atoms with Gasteiger partial charge in [0.05, 0.1) is 6.54 Å². The van der Waals surface area contributed by atoms with Crippen LogP contribution >= 0.6 is 0 Å². The summed E-state index contributed by atoms with van der Waals surface area (Å²) in [6.07, 6.45) is 4.05. The summed E-state index contributed by atoms with van der Waals surface area (Å²) in [5.74, 6) is 0.530. The van der Waals surface area contributed by atoms with Crippen molar-refractivity contribution in [2.24, 2.45) is 5.92 Å². The number of piperidine rings is 1. The summed E-state index contributed by atoms with van der Waals surface area (Å²) in [6, 6.07) is 7.02. The molecule has 0 saturated carbocycles. The molecule has 1 atom stereocenters. The van der Waals surface area contributed by atoms with E-state index in [4.69, 9.17) is 0 Å². The Kier molecular flexibility index (Phi) is 6.17. The van der Waals surface area contributed by atoms with Crippen LogP contribution in [0.5, 0.6) is 0 Å². The van der Waals surface area contributed by atoms with Crippen LogP contribution in [0.2, 0.25) is 0 Å². The van der Waals surface area contributed by atoms with E-state index in [1.807, 2.05) is 32.9 Å². The van der Waals surface area contributed by atoms with Crippen LogP contribution in [-0.4, -0.2) is 36.0 Å². The van der Waals surface area contributed by atoms with E-state index in [9.17, 15) is 9.18 Å². The SMILES string of the molecule is CC(C)(C)NC(=O)CN1CCCC(CCc2ccccc2F)C1. The molecule has 23 heavy (non-hydrogen) atoms. The summed E-state index contributed by atoms with van der Waals surface area (Å²) in [6.45, 7) is 8.38. The first-order valence-corrected chi connectivity index (χ1v) is 8.60. The fraction of sp³-hybridized carbons (Fsp3) is 0.632. The van der Waals surface area contributed by atoms with Crippen LogP contribution in [0.15, 0.2) is 24.3 Å². The molecule has 1 aromatic rings. The van der Waals surface area contributed by atoms with Crippen LogP contribution in [0.1, 0.15) is 45.6 Å². The molecule has 1 amide bonds. The van der Waals surface area contributed by atoms with Gasteiger partial charge >= 0.3 is 0 Å². The Bertz CT molecular complexity index is 524. The second kappa shape index (κ2) is 7.91. The average molecular weight is 320 g/mol. The van der Waals surface area contributed by atoms with E-state index in [0.717, 1.165) is 37.9 Å². The van der Waals surface area contributed by atoms with E-state index < -0.39 is 0 Å². The van der Waals surface area contributed by atoms with Crippen LogP contribution in [0.4, 0.5) is 4.39 Å². The number of nitrogens with zero attached hydrogens (tertiary/aromatic N) is 1. The second-order valence-electron chi connectivity index (χ2n) is 7.67. The van der Waals surface area contributed by atoms with Gasteiger partial charge in [-0.05, 0) is 70.5 Å². The lowest BCUT2D eigenvalue weighted by Gasteiger charge is -2.33.